The van der Waals surface area contributed by atoms with Crippen molar-refractivity contribution in [1.29, 1.82) is 0 Å². The number of urea groups is 1. The number of carbonyl (C=O) groups excluding carboxylic acids is 1. The molecule has 0 fully saturated rings. The van der Waals surface area contributed by atoms with Crippen LogP contribution in [-0.4, -0.2) is 23.2 Å². The number of benzene rings is 1. The molecule has 1 aromatic carbocycles. The van der Waals surface area contributed by atoms with Crippen molar-refractivity contribution in [3.63, 3.8) is 0 Å². The summed E-state index contributed by atoms with van der Waals surface area (Å²) in [6.07, 6.45) is 1.48. The Bertz CT molecular complexity index is 649. The third kappa shape index (κ3) is 3.90. The first-order valence-corrected chi connectivity index (χ1v) is 6.09. The summed E-state index contributed by atoms with van der Waals surface area (Å²) in [4.78, 5) is 15.8. The number of hydrogen-bond donors (Lipinski definition) is 3. The molecule has 0 atom stereocenters. The molecule has 0 bridgehead atoms. The number of aliphatic hydroxyl groups excluding tert-OH is 1. The van der Waals surface area contributed by atoms with Gasteiger partial charge in [0.15, 0.2) is 0 Å². The number of methoxy groups -OCH3 is 1. The summed E-state index contributed by atoms with van der Waals surface area (Å²) in [6.45, 7) is -0.307. The lowest BCUT2D eigenvalue weighted by atomic mass is 10.2. The van der Waals surface area contributed by atoms with Gasteiger partial charge in [0.05, 0.1) is 19.4 Å². The van der Waals surface area contributed by atoms with Crippen LogP contribution in [0.4, 0.5) is 20.6 Å². The molecule has 0 aliphatic carbocycles. The Morgan fingerprint density at radius 1 is 1.33 bits per heavy atom. The number of hydrogen-bond acceptors (Lipinski definition) is 4. The van der Waals surface area contributed by atoms with Crippen molar-refractivity contribution in [3.05, 3.63) is 47.9 Å². The second-order valence-corrected chi connectivity index (χ2v) is 4.13. The van der Waals surface area contributed by atoms with E-state index in [1.54, 1.807) is 6.07 Å². The van der Waals surface area contributed by atoms with Crippen LogP contribution in [-0.2, 0) is 6.61 Å². The summed E-state index contributed by atoms with van der Waals surface area (Å²) >= 11 is 0. The minimum atomic E-state index is -0.566. The molecule has 0 saturated carbocycles. The highest BCUT2D eigenvalue weighted by molar-refractivity contribution is 6.00. The molecule has 0 saturated heterocycles. The Morgan fingerprint density at radius 3 is 2.86 bits per heavy atom. The number of aromatic nitrogens is 1. The summed E-state index contributed by atoms with van der Waals surface area (Å²) in [6, 6.07) is 6.31. The van der Waals surface area contributed by atoms with Crippen LogP contribution in [0.5, 0.6) is 5.88 Å². The van der Waals surface area contributed by atoms with Gasteiger partial charge >= 0.3 is 6.03 Å². The smallest absolute Gasteiger partial charge is 0.323 e. The van der Waals surface area contributed by atoms with Crippen LogP contribution >= 0.6 is 0 Å². The predicted octanol–water partition coefficient (Wildman–Crippen LogP) is 2.37. The maximum atomic E-state index is 13.2. The molecule has 2 amide bonds. The zero-order chi connectivity index (χ0) is 15.2. The number of anilines is 2. The number of rotatable bonds is 4. The van der Waals surface area contributed by atoms with Crippen LogP contribution < -0.4 is 15.4 Å². The third-order valence-corrected chi connectivity index (χ3v) is 2.69. The highest BCUT2D eigenvalue weighted by atomic mass is 19.1. The van der Waals surface area contributed by atoms with Gasteiger partial charge in [-0.1, -0.05) is 6.07 Å². The quantitative estimate of drug-likeness (QED) is 0.807. The molecule has 0 spiro atoms. The minimum absolute atomic E-state index is 0.205. The molecule has 0 aliphatic rings. The number of pyridine rings is 1. The molecular formula is C14H14FN3O3. The van der Waals surface area contributed by atoms with Crippen LogP contribution in [0, 0.1) is 5.82 Å². The average Bonchev–Trinajstić information content (AvgIpc) is 2.47. The van der Waals surface area contributed by atoms with Crippen LogP contribution in [0.3, 0.4) is 0 Å². The van der Waals surface area contributed by atoms with Gasteiger partial charge in [0.25, 0.3) is 0 Å². The summed E-state index contributed by atoms with van der Waals surface area (Å²) in [5, 5.41) is 14.2. The van der Waals surface area contributed by atoms with E-state index in [0.29, 0.717) is 17.1 Å². The molecule has 1 heterocycles. The molecule has 6 nitrogen and oxygen atoms in total. The van der Waals surface area contributed by atoms with Crippen LogP contribution in [0.2, 0.25) is 0 Å². The van der Waals surface area contributed by atoms with E-state index in [1.807, 2.05) is 0 Å². The number of nitrogens with zero attached hydrogens (tertiary/aromatic N) is 1. The Balaban J connectivity index is 2.09. The molecule has 3 N–H and O–H groups in total. The number of aliphatic hydroxyl groups is 1. The van der Waals surface area contributed by atoms with Gasteiger partial charge in [-0.15, -0.1) is 0 Å². The molecule has 2 aromatic rings. The first-order chi connectivity index (χ1) is 10.1. The summed E-state index contributed by atoms with van der Waals surface area (Å²) in [5.41, 5.74) is 1.09. The van der Waals surface area contributed by atoms with Crippen molar-refractivity contribution in [2.24, 2.45) is 0 Å². The van der Waals surface area contributed by atoms with Crippen LogP contribution in [0.15, 0.2) is 36.5 Å². The van der Waals surface area contributed by atoms with E-state index in [1.165, 1.54) is 31.5 Å². The second-order valence-electron chi connectivity index (χ2n) is 4.13. The number of halogens is 1. The highest BCUT2D eigenvalue weighted by Crippen LogP contribution is 2.18. The number of nitrogens with one attached hydrogen (secondary N) is 2. The van der Waals surface area contributed by atoms with Crippen molar-refractivity contribution < 1.29 is 19.0 Å². The zero-order valence-electron chi connectivity index (χ0n) is 11.3. The van der Waals surface area contributed by atoms with Crippen molar-refractivity contribution in [3.8, 4) is 5.88 Å². The summed E-state index contributed by atoms with van der Waals surface area (Å²) in [7, 11) is 1.46. The monoisotopic (exact) mass is 291 g/mol. The Kier molecular flexibility index (Phi) is 4.68. The SMILES string of the molecule is COc1cc(NC(=O)Nc2cc(F)ccc2CO)ccn1. The van der Waals surface area contributed by atoms with E-state index in [-0.39, 0.29) is 12.3 Å². The van der Waals surface area contributed by atoms with E-state index in [2.05, 4.69) is 15.6 Å². The fraction of sp³-hybridized carbons (Fsp3) is 0.143. The lowest BCUT2D eigenvalue weighted by Gasteiger charge is -2.11. The van der Waals surface area contributed by atoms with Gasteiger partial charge in [-0.3, -0.25) is 0 Å². The van der Waals surface area contributed by atoms with Gasteiger partial charge in [0.2, 0.25) is 5.88 Å². The fourth-order valence-electron chi connectivity index (χ4n) is 1.69. The third-order valence-electron chi connectivity index (χ3n) is 2.69. The van der Waals surface area contributed by atoms with Gasteiger partial charge < -0.3 is 20.5 Å². The van der Waals surface area contributed by atoms with Gasteiger partial charge in [0, 0.05) is 23.5 Å². The molecular weight excluding hydrogens is 277 g/mol. The molecule has 21 heavy (non-hydrogen) atoms. The standard InChI is InChI=1S/C14H14FN3O3/c1-21-13-7-11(4-5-16-13)17-14(20)18-12-6-10(15)3-2-9(12)8-19/h2-7,19H,8H2,1H3,(H2,16,17,18,20). The van der Waals surface area contributed by atoms with E-state index in [9.17, 15) is 9.18 Å². The maximum Gasteiger partial charge on any atom is 0.323 e. The molecule has 110 valence electrons. The first-order valence-electron chi connectivity index (χ1n) is 6.09. The summed E-state index contributed by atoms with van der Waals surface area (Å²) in [5.74, 6) is -0.150. The van der Waals surface area contributed by atoms with Crippen molar-refractivity contribution in [1.82, 2.24) is 4.98 Å². The van der Waals surface area contributed by atoms with Crippen molar-refractivity contribution in [2.75, 3.05) is 17.7 Å². The average molecular weight is 291 g/mol. The van der Waals surface area contributed by atoms with Gasteiger partial charge in [0.1, 0.15) is 5.82 Å². The minimum Gasteiger partial charge on any atom is -0.481 e. The number of amides is 2. The van der Waals surface area contributed by atoms with Crippen molar-refractivity contribution in [2.45, 2.75) is 6.61 Å². The maximum absolute atomic E-state index is 13.2. The molecule has 1 aromatic heterocycles. The highest BCUT2D eigenvalue weighted by Gasteiger charge is 2.08. The number of carbonyl (C=O) groups is 1. The van der Waals surface area contributed by atoms with Gasteiger partial charge in [-0.2, -0.15) is 0 Å². The largest absolute Gasteiger partial charge is 0.481 e. The zero-order valence-corrected chi connectivity index (χ0v) is 11.3. The molecule has 0 radical (unpaired) electrons. The Hall–Kier alpha value is -2.67. The number of ether oxygens (including phenoxy) is 1. The van der Waals surface area contributed by atoms with E-state index in [0.717, 1.165) is 6.07 Å². The van der Waals surface area contributed by atoms with Crippen LogP contribution in [0.1, 0.15) is 5.56 Å². The summed E-state index contributed by atoms with van der Waals surface area (Å²) < 4.78 is 18.1. The molecule has 2 rings (SSSR count). The Labute approximate surface area is 120 Å². The lowest BCUT2D eigenvalue weighted by Crippen LogP contribution is -2.20. The van der Waals surface area contributed by atoms with Gasteiger partial charge in [-0.25, -0.2) is 14.2 Å². The van der Waals surface area contributed by atoms with Gasteiger partial charge in [-0.05, 0) is 18.2 Å². The van der Waals surface area contributed by atoms with Crippen molar-refractivity contribution >= 4 is 17.4 Å². The molecule has 0 unspecified atom stereocenters. The normalized spacial score (nSPS) is 10.0. The molecule has 0 aliphatic heterocycles. The van der Waals surface area contributed by atoms with E-state index < -0.39 is 11.8 Å². The predicted molar refractivity (Wildman–Crippen MR) is 75.8 cm³/mol. The van der Waals surface area contributed by atoms with Crippen LogP contribution in [0.25, 0.3) is 0 Å². The Morgan fingerprint density at radius 2 is 2.14 bits per heavy atom. The lowest BCUT2D eigenvalue weighted by molar-refractivity contribution is 0.262. The second kappa shape index (κ2) is 6.67. The van der Waals surface area contributed by atoms with E-state index >= 15 is 0 Å². The fourth-order valence-corrected chi connectivity index (χ4v) is 1.69. The van der Waals surface area contributed by atoms with E-state index in [4.69, 9.17) is 9.84 Å². The first kappa shape index (κ1) is 14.7. The molecule has 7 heteroatoms. The topological polar surface area (TPSA) is 83.5 Å².